The summed E-state index contributed by atoms with van der Waals surface area (Å²) in [7, 11) is 1.74. The SMILES string of the molecule is CC=C1CCOC(C)C1OC. The maximum Gasteiger partial charge on any atom is 0.104 e. The van der Waals surface area contributed by atoms with Crippen molar-refractivity contribution in [2.75, 3.05) is 13.7 Å². The third-order valence-corrected chi connectivity index (χ3v) is 2.19. The Morgan fingerprint density at radius 2 is 2.36 bits per heavy atom. The summed E-state index contributed by atoms with van der Waals surface area (Å²) < 4.78 is 10.8. The van der Waals surface area contributed by atoms with Gasteiger partial charge in [0.1, 0.15) is 6.10 Å². The van der Waals surface area contributed by atoms with Crippen molar-refractivity contribution in [2.45, 2.75) is 32.5 Å². The minimum absolute atomic E-state index is 0.175. The Balaban J connectivity index is 2.64. The monoisotopic (exact) mass is 156 g/mol. The van der Waals surface area contributed by atoms with E-state index >= 15 is 0 Å². The molecule has 0 amide bonds. The number of allylic oxidation sites excluding steroid dienone is 1. The molecule has 1 heterocycles. The molecule has 0 radical (unpaired) electrons. The van der Waals surface area contributed by atoms with Crippen molar-refractivity contribution in [2.24, 2.45) is 0 Å². The second-order valence-corrected chi connectivity index (χ2v) is 2.85. The lowest BCUT2D eigenvalue weighted by Gasteiger charge is -2.30. The average molecular weight is 156 g/mol. The van der Waals surface area contributed by atoms with Crippen molar-refractivity contribution in [3.63, 3.8) is 0 Å². The Hall–Kier alpha value is -0.340. The first-order valence-electron chi connectivity index (χ1n) is 4.09. The molecule has 0 aromatic carbocycles. The highest BCUT2D eigenvalue weighted by Crippen LogP contribution is 2.21. The van der Waals surface area contributed by atoms with E-state index in [9.17, 15) is 0 Å². The molecule has 1 aliphatic heterocycles. The molecule has 1 rings (SSSR count). The zero-order valence-electron chi connectivity index (χ0n) is 7.46. The van der Waals surface area contributed by atoms with E-state index in [-0.39, 0.29) is 12.2 Å². The van der Waals surface area contributed by atoms with Gasteiger partial charge in [0.25, 0.3) is 0 Å². The average Bonchev–Trinajstić information content (AvgIpc) is 2.04. The van der Waals surface area contributed by atoms with Gasteiger partial charge in [0.15, 0.2) is 0 Å². The van der Waals surface area contributed by atoms with Crippen molar-refractivity contribution >= 4 is 0 Å². The van der Waals surface area contributed by atoms with Gasteiger partial charge >= 0.3 is 0 Å². The van der Waals surface area contributed by atoms with Crippen LogP contribution in [0.5, 0.6) is 0 Å². The van der Waals surface area contributed by atoms with Crippen LogP contribution in [-0.4, -0.2) is 25.9 Å². The molecular formula is C9H16O2. The van der Waals surface area contributed by atoms with Crippen LogP contribution < -0.4 is 0 Å². The zero-order chi connectivity index (χ0) is 8.27. The van der Waals surface area contributed by atoms with E-state index in [0.29, 0.717) is 0 Å². The van der Waals surface area contributed by atoms with Crippen molar-refractivity contribution in [3.8, 4) is 0 Å². The van der Waals surface area contributed by atoms with Gasteiger partial charge in [-0.2, -0.15) is 0 Å². The summed E-state index contributed by atoms with van der Waals surface area (Å²) in [5.74, 6) is 0. The smallest absolute Gasteiger partial charge is 0.104 e. The lowest BCUT2D eigenvalue weighted by Crippen LogP contribution is -2.35. The van der Waals surface area contributed by atoms with Gasteiger partial charge < -0.3 is 9.47 Å². The first-order chi connectivity index (χ1) is 5.29. The molecule has 0 aliphatic carbocycles. The fourth-order valence-corrected chi connectivity index (χ4v) is 1.55. The molecule has 2 atom stereocenters. The summed E-state index contributed by atoms with van der Waals surface area (Å²) in [6, 6.07) is 0. The van der Waals surface area contributed by atoms with Crippen LogP contribution in [0.25, 0.3) is 0 Å². The zero-order valence-corrected chi connectivity index (χ0v) is 7.46. The molecule has 0 bridgehead atoms. The van der Waals surface area contributed by atoms with E-state index in [0.717, 1.165) is 13.0 Å². The van der Waals surface area contributed by atoms with E-state index in [1.807, 2.05) is 0 Å². The van der Waals surface area contributed by atoms with Gasteiger partial charge in [-0.1, -0.05) is 6.08 Å². The molecule has 1 aliphatic rings. The predicted molar refractivity (Wildman–Crippen MR) is 44.6 cm³/mol. The van der Waals surface area contributed by atoms with Gasteiger partial charge in [0, 0.05) is 7.11 Å². The van der Waals surface area contributed by atoms with Crippen LogP contribution in [0.4, 0.5) is 0 Å². The van der Waals surface area contributed by atoms with Crippen LogP contribution in [0.3, 0.4) is 0 Å². The first kappa shape index (κ1) is 8.75. The molecule has 0 spiro atoms. The second kappa shape index (κ2) is 3.88. The standard InChI is InChI=1S/C9H16O2/c1-4-8-5-6-11-7(2)9(8)10-3/h4,7,9H,5-6H2,1-3H3. The minimum Gasteiger partial charge on any atom is -0.375 e. The summed E-state index contributed by atoms with van der Waals surface area (Å²) in [5, 5.41) is 0. The molecule has 0 saturated carbocycles. The molecule has 11 heavy (non-hydrogen) atoms. The van der Waals surface area contributed by atoms with Gasteiger partial charge in [0.05, 0.1) is 12.7 Å². The molecule has 1 saturated heterocycles. The van der Waals surface area contributed by atoms with Crippen LogP contribution in [0.15, 0.2) is 11.6 Å². The fraction of sp³-hybridized carbons (Fsp3) is 0.778. The van der Waals surface area contributed by atoms with E-state index in [1.165, 1.54) is 5.57 Å². The molecule has 1 fully saturated rings. The van der Waals surface area contributed by atoms with Crippen LogP contribution in [-0.2, 0) is 9.47 Å². The maximum absolute atomic E-state index is 5.45. The topological polar surface area (TPSA) is 18.5 Å². The minimum atomic E-state index is 0.175. The summed E-state index contributed by atoms with van der Waals surface area (Å²) in [6.07, 6.45) is 3.53. The quantitative estimate of drug-likeness (QED) is 0.538. The lowest BCUT2D eigenvalue weighted by atomic mass is 10.00. The molecule has 2 heteroatoms. The Kier molecular flexibility index (Phi) is 3.09. The van der Waals surface area contributed by atoms with Gasteiger partial charge in [-0.3, -0.25) is 0 Å². The van der Waals surface area contributed by atoms with Gasteiger partial charge in [-0.05, 0) is 25.8 Å². The molecule has 2 unspecified atom stereocenters. The number of hydrogen-bond donors (Lipinski definition) is 0. The molecular weight excluding hydrogens is 140 g/mol. The molecule has 2 nitrogen and oxygen atoms in total. The normalized spacial score (nSPS) is 36.1. The van der Waals surface area contributed by atoms with Gasteiger partial charge in [0.2, 0.25) is 0 Å². The van der Waals surface area contributed by atoms with Gasteiger partial charge in [-0.15, -0.1) is 0 Å². The highest BCUT2D eigenvalue weighted by atomic mass is 16.5. The van der Waals surface area contributed by atoms with E-state index in [1.54, 1.807) is 7.11 Å². The summed E-state index contributed by atoms with van der Waals surface area (Å²) in [5.41, 5.74) is 1.37. The van der Waals surface area contributed by atoms with E-state index < -0.39 is 0 Å². The highest BCUT2D eigenvalue weighted by molar-refractivity contribution is 5.11. The van der Waals surface area contributed by atoms with Crippen molar-refractivity contribution in [1.29, 1.82) is 0 Å². The van der Waals surface area contributed by atoms with Crippen molar-refractivity contribution in [3.05, 3.63) is 11.6 Å². The van der Waals surface area contributed by atoms with Crippen molar-refractivity contribution < 1.29 is 9.47 Å². The van der Waals surface area contributed by atoms with Gasteiger partial charge in [-0.25, -0.2) is 0 Å². The molecule has 0 aromatic heterocycles. The largest absolute Gasteiger partial charge is 0.375 e. The summed E-state index contributed by atoms with van der Waals surface area (Å²) >= 11 is 0. The number of ether oxygens (including phenoxy) is 2. The molecule has 64 valence electrons. The Labute approximate surface area is 68.2 Å². The molecule has 0 N–H and O–H groups in total. The highest BCUT2D eigenvalue weighted by Gasteiger charge is 2.25. The Morgan fingerprint density at radius 1 is 1.64 bits per heavy atom. The van der Waals surface area contributed by atoms with Crippen LogP contribution >= 0.6 is 0 Å². The van der Waals surface area contributed by atoms with Crippen LogP contribution in [0.1, 0.15) is 20.3 Å². The lowest BCUT2D eigenvalue weighted by molar-refractivity contribution is -0.0526. The fourth-order valence-electron chi connectivity index (χ4n) is 1.55. The van der Waals surface area contributed by atoms with E-state index in [4.69, 9.17) is 9.47 Å². The third-order valence-electron chi connectivity index (χ3n) is 2.19. The summed E-state index contributed by atoms with van der Waals surface area (Å²) in [6.45, 7) is 4.94. The predicted octanol–water partition coefficient (Wildman–Crippen LogP) is 1.76. The number of hydrogen-bond acceptors (Lipinski definition) is 2. The Morgan fingerprint density at radius 3 is 2.82 bits per heavy atom. The van der Waals surface area contributed by atoms with Crippen molar-refractivity contribution in [1.82, 2.24) is 0 Å². The van der Waals surface area contributed by atoms with Crippen LogP contribution in [0.2, 0.25) is 0 Å². The maximum atomic E-state index is 5.45. The molecule has 0 aromatic rings. The summed E-state index contributed by atoms with van der Waals surface area (Å²) in [4.78, 5) is 0. The third kappa shape index (κ3) is 1.82. The number of methoxy groups -OCH3 is 1. The number of rotatable bonds is 1. The second-order valence-electron chi connectivity index (χ2n) is 2.85. The van der Waals surface area contributed by atoms with E-state index in [2.05, 4.69) is 19.9 Å². The Bertz CT molecular complexity index is 152. The first-order valence-corrected chi connectivity index (χ1v) is 4.09. The van der Waals surface area contributed by atoms with Crippen LogP contribution in [0, 0.1) is 0 Å².